The lowest BCUT2D eigenvalue weighted by atomic mass is 9.89. The summed E-state index contributed by atoms with van der Waals surface area (Å²) in [6, 6.07) is 2.02. The highest BCUT2D eigenvalue weighted by atomic mass is 16.3. The average molecular weight is 208 g/mol. The van der Waals surface area contributed by atoms with Gasteiger partial charge < -0.3 is 10.2 Å². The first-order valence-corrected chi connectivity index (χ1v) is 5.33. The first kappa shape index (κ1) is 12.2. The Morgan fingerprint density at radius 3 is 1.47 bits per heavy atom. The monoisotopic (exact) mass is 208 g/mol. The van der Waals surface area contributed by atoms with Gasteiger partial charge in [-0.2, -0.15) is 0 Å². The van der Waals surface area contributed by atoms with Crippen molar-refractivity contribution < 1.29 is 10.2 Å². The molecule has 2 heteroatoms. The van der Waals surface area contributed by atoms with Gasteiger partial charge in [-0.3, -0.25) is 0 Å². The summed E-state index contributed by atoms with van der Waals surface area (Å²) in [6.45, 7) is 9.47. The van der Waals surface area contributed by atoms with Gasteiger partial charge in [-0.15, -0.1) is 0 Å². The molecule has 0 radical (unpaired) electrons. The topological polar surface area (TPSA) is 40.5 Å². The lowest BCUT2D eigenvalue weighted by Crippen LogP contribution is -2.07. The average Bonchev–Trinajstić information content (AvgIpc) is 1.99. The second kappa shape index (κ2) is 4.33. The van der Waals surface area contributed by atoms with Crippen LogP contribution in [0.3, 0.4) is 0 Å². The van der Waals surface area contributed by atoms with Crippen LogP contribution in [-0.4, -0.2) is 10.2 Å². The number of aliphatic hydroxyl groups excluding tert-OH is 2. The van der Waals surface area contributed by atoms with Crippen molar-refractivity contribution in [2.45, 2.75) is 46.8 Å². The van der Waals surface area contributed by atoms with Gasteiger partial charge in [-0.05, 0) is 62.4 Å². The number of rotatable bonds is 2. The fraction of sp³-hybridized carbons (Fsp3) is 0.538. The second-order valence-corrected chi connectivity index (χ2v) is 4.31. The highest BCUT2D eigenvalue weighted by Gasteiger charge is 2.16. The smallest absolute Gasteiger partial charge is 0.0767 e. The Bertz CT molecular complexity index is 333. The standard InChI is InChI=1S/C13H20O2/c1-7-6-8(2)13(11(5)15)9(3)12(7)10(4)14/h6,10-11,14-15H,1-5H3. The van der Waals surface area contributed by atoms with Crippen LogP contribution in [0.5, 0.6) is 0 Å². The molecule has 0 aromatic heterocycles. The van der Waals surface area contributed by atoms with Crippen LogP contribution in [-0.2, 0) is 0 Å². The number of aliphatic hydroxyl groups is 2. The maximum atomic E-state index is 9.70. The Hall–Kier alpha value is -0.860. The zero-order valence-electron chi connectivity index (χ0n) is 10.1. The Balaban J connectivity index is 3.49. The summed E-state index contributed by atoms with van der Waals surface area (Å²) < 4.78 is 0. The van der Waals surface area contributed by atoms with Crippen molar-refractivity contribution in [3.8, 4) is 0 Å². The Morgan fingerprint density at radius 2 is 1.20 bits per heavy atom. The summed E-state index contributed by atoms with van der Waals surface area (Å²) in [5.74, 6) is 0. The Labute approximate surface area is 91.6 Å². The first-order chi connectivity index (χ1) is 6.86. The molecule has 0 aliphatic heterocycles. The Morgan fingerprint density at radius 1 is 0.867 bits per heavy atom. The van der Waals surface area contributed by atoms with Crippen LogP contribution in [0.2, 0.25) is 0 Å². The van der Waals surface area contributed by atoms with Crippen LogP contribution in [0.1, 0.15) is 53.9 Å². The molecule has 1 rings (SSSR count). The summed E-state index contributed by atoms with van der Waals surface area (Å²) in [7, 11) is 0. The first-order valence-electron chi connectivity index (χ1n) is 5.33. The molecule has 15 heavy (non-hydrogen) atoms. The minimum atomic E-state index is -0.483. The highest BCUT2D eigenvalue weighted by Crippen LogP contribution is 2.30. The van der Waals surface area contributed by atoms with Crippen LogP contribution < -0.4 is 0 Å². The summed E-state index contributed by atoms with van der Waals surface area (Å²) in [4.78, 5) is 0. The molecule has 0 spiro atoms. The number of hydrogen-bond acceptors (Lipinski definition) is 2. The molecule has 0 aliphatic carbocycles. The molecule has 0 amide bonds. The molecule has 1 aromatic carbocycles. The van der Waals surface area contributed by atoms with Gasteiger partial charge in [0.05, 0.1) is 12.2 Å². The van der Waals surface area contributed by atoms with Crippen molar-refractivity contribution in [2.24, 2.45) is 0 Å². The third-order valence-corrected chi connectivity index (χ3v) is 2.93. The third-order valence-electron chi connectivity index (χ3n) is 2.93. The fourth-order valence-corrected chi connectivity index (χ4v) is 2.50. The van der Waals surface area contributed by atoms with E-state index in [-0.39, 0.29) is 0 Å². The summed E-state index contributed by atoms with van der Waals surface area (Å²) >= 11 is 0. The van der Waals surface area contributed by atoms with Crippen LogP contribution >= 0.6 is 0 Å². The SMILES string of the molecule is Cc1cc(C)c(C(C)O)c(C)c1C(C)O. The molecule has 0 saturated carbocycles. The maximum absolute atomic E-state index is 9.70. The van der Waals surface area contributed by atoms with E-state index < -0.39 is 12.2 Å². The fourth-order valence-electron chi connectivity index (χ4n) is 2.50. The summed E-state index contributed by atoms with van der Waals surface area (Å²) in [5, 5.41) is 19.4. The van der Waals surface area contributed by atoms with Gasteiger partial charge in [0.25, 0.3) is 0 Å². The lowest BCUT2D eigenvalue weighted by Gasteiger charge is -2.20. The van der Waals surface area contributed by atoms with Crippen molar-refractivity contribution in [1.29, 1.82) is 0 Å². The lowest BCUT2D eigenvalue weighted by molar-refractivity contribution is 0.190. The zero-order valence-corrected chi connectivity index (χ0v) is 10.1. The molecule has 0 aliphatic rings. The van der Waals surface area contributed by atoms with Gasteiger partial charge in [0.15, 0.2) is 0 Å². The van der Waals surface area contributed by atoms with Gasteiger partial charge in [-0.1, -0.05) is 6.07 Å². The van der Waals surface area contributed by atoms with E-state index in [1.165, 1.54) is 0 Å². The Kier molecular flexibility index (Phi) is 3.53. The van der Waals surface area contributed by atoms with E-state index in [1.54, 1.807) is 13.8 Å². The second-order valence-electron chi connectivity index (χ2n) is 4.31. The summed E-state index contributed by atoms with van der Waals surface area (Å²) in [5.41, 5.74) is 5.07. The minimum absolute atomic E-state index is 0.483. The highest BCUT2D eigenvalue weighted by molar-refractivity contribution is 5.46. The van der Waals surface area contributed by atoms with E-state index in [4.69, 9.17) is 0 Å². The van der Waals surface area contributed by atoms with Gasteiger partial charge in [-0.25, -0.2) is 0 Å². The molecule has 0 fully saturated rings. The van der Waals surface area contributed by atoms with Crippen LogP contribution in [0.4, 0.5) is 0 Å². The van der Waals surface area contributed by atoms with E-state index in [1.807, 2.05) is 26.8 Å². The van der Waals surface area contributed by atoms with Crippen LogP contribution in [0.15, 0.2) is 6.07 Å². The molecule has 2 nitrogen and oxygen atoms in total. The molecule has 0 heterocycles. The van der Waals surface area contributed by atoms with Crippen molar-refractivity contribution >= 4 is 0 Å². The molecule has 2 atom stereocenters. The van der Waals surface area contributed by atoms with Gasteiger partial charge in [0.1, 0.15) is 0 Å². The number of hydrogen-bond donors (Lipinski definition) is 2. The minimum Gasteiger partial charge on any atom is -0.389 e. The van der Waals surface area contributed by atoms with Gasteiger partial charge in [0, 0.05) is 0 Å². The van der Waals surface area contributed by atoms with Crippen molar-refractivity contribution in [1.82, 2.24) is 0 Å². The van der Waals surface area contributed by atoms with Gasteiger partial charge >= 0.3 is 0 Å². The van der Waals surface area contributed by atoms with Crippen molar-refractivity contribution in [3.05, 3.63) is 33.9 Å². The number of benzene rings is 1. The molecule has 1 aromatic rings. The molecule has 0 bridgehead atoms. The zero-order chi connectivity index (χ0) is 11.7. The van der Waals surface area contributed by atoms with E-state index >= 15 is 0 Å². The molecule has 2 N–H and O–H groups in total. The van der Waals surface area contributed by atoms with E-state index in [0.717, 1.165) is 27.8 Å². The molecular formula is C13H20O2. The third kappa shape index (κ3) is 2.21. The van der Waals surface area contributed by atoms with E-state index in [2.05, 4.69) is 0 Å². The normalized spacial score (nSPS) is 15.1. The largest absolute Gasteiger partial charge is 0.389 e. The predicted octanol–water partition coefficient (Wildman–Crippen LogP) is 2.72. The van der Waals surface area contributed by atoms with Crippen LogP contribution in [0, 0.1) is 20.8 Å². The van der Waals surface area contributed by atoms with Crippen LogP contribution in [0.25, 0.3) is 0 Å². The summed E-state index contributed by atoms with van der Waals surface area (Å²) in [6.07, 6.45) is -0.966. The molecule has 2 unspecified atom stereocenters. The van der Waals surface area contributed by atoms with E-state index in [0.29, 0.717) is 0 Å². The van der Waals surface area contributed by atoms with Gasteiger partial charge in [0.2, 0.25) is 0 Å². The quantitative estimate of drug-likeness (QED) is 0.784. The predicted molar refractivity (Wildman–Crippen MR) is 61.9 cm³/mol. The molecular weight excluding hydrogens is 188 g/mol. The molecule has 0 saturated heterocycles. The van der Waals surface area contributed by atoms with Crippen molar-refractivity contribution in [3.63, 3.8) is 0 Å². The van der Waals surface area contributed by atoms with Crippen molar-refractivity contribution in [2.75, 3.05) is 0 Å². The molecule has 84 valence electrons. The van der Waals surface area contributed by atoms with E-state index in [9.17, 15) is 10.2 Å². The maximum Gasteiger partial charge on any atom is 0.0767 e. The number of aryl methyl sites for hydroxylation is 2.